The minimum absolute atomic E-state index is 0.128. The summed E-state index contributed by atoms with van der Waals surface area (Å²) in [6, 6.07) is 2.01. The summed E-state index contributed by atoms with van der Waals surface area (Å²) < 4.78 is 19.3. The van der Waals surface area contributed by atoms with Crippen LogP contribution in [0, 0.1) is 13.8 Å². The van der Waals surface area contributed by atoms with E-state index >= 15 is 0 Å². The molecule has 2 atom stereocenters. The second-order valence-corrected chi connectivity index (χ2v) is 7.17. The molecule has 2 fully saturated rings. The molecule has 0 unspecified atom stereocenters. The number of nitrogens with zero attached hydrogens (tertiary/aromatic N) is 4. The molecule has 1 aliphatic heterocycles. The van der Waals surface area contributed by atoms with Gasteiger partial charge >= 0.3 is 0 Å². The van der Waals surface area contributed by atoms with Crippen LogP contribution in [0.3, 0.4) is 0 Å². The molecule has 0 bridgehead atoms. The second kappa shape index (κ2) is 6.71. The van der Waals surface area contributed by atoms with Gasteiger partial charge in [-0.25, -0.2) is 14.4 Å². The average molecular weight is 345 g/mol. The number of aromatic nitrogens is 3. The Morgan fingerprint density at radius 3 is 2.92 bits per heavy atom. The number of alkyl halides is 1. The summed E-state index contributed by atoms with van der Waals surface area (Å²) in [5.41, 5.74) is 1.95. The monoisotopic (exact) mass is 345 g/mol. The molecule has 6 nitrogen and oxygen atoms in total. The lowest BCUT2D eigenvalue weighted by atomic mass is 10.1. The van der Waals surface area contributed by atoms with Gasteiger partial charge in [-0.1, -0.05) is 5.16 Å². The predicted molar refractivity (Wildman–Crippen MR) is 92.2 cm³/mol. The van der Waals surface area contributed by atoms with Gasteiger partial charge < -0.3 is 9.84 Å². The first-order valence-electron chi connectivity index (χ1n) is 8.97. The lowest BCUT2D eigenvalue weighted by molar-refractivity contribution is 0.239. The number of rotatable bonds is 6. The van der Waals surface area contributed by atoms with Gasteiger partial charge in [0, 0.05) is 43.4 Å². The summed E-state index contributed by atoms with van der Waals surface area (Å²) in [6.07, 6.45) is 3.91. The van der Waals surface area contributed by atoms with Gasteiger partial charge in [0.1, 0.15) is 23.6 Å². The quantitative estimate of drug-likeness (QED) is 0.868. The molecule has 25 heavy (non-hydrogen) atoms. The van der Waals surface area contributed by atoms with Gasteiger partial charge in [-0.05, 0) is 39.2 Å². The van der Waals surface area contributed by atoms with Crippen molar-refractivity contribution in [2.45, 2.75) is 57.8 Å². The van der Waals surface area contributed by atoms with E-state index in [0.29, 0.717) is 32.0 Å². The third-order valence-corrected chi connectivity index (χ3v) is 5.15. The van der Waals surface area contributed by atoms with E-state index < -0.39 is 6.17 Å². The number of hydrogen-bond acceptors (Lipinski definition) is 6. The molecule has 0 spiro atoms. The largest absolute Gasteiger partial charge is 0.368 e. The zero-order chi connectivity index (χ0) is 17.4. The molecule has 0 amide bonds. The zero-order valence-corrected chi connectivity index (χ0v) is 14.7. The first-order chi connectivity index (χ1) is 12.1. The predicted octanol–water partition coefficient (Wildman–Crippen LogP) is 2.98. The summed E-state index contributed by atoms with van der Waals surface area (Å²) in [5, 5.41) is 7.37. The maximum absolute atomic E-state index is 14.0. The number of hydrogen-bond donors (Lipinski definition) is 1. The minimum atomic E-state index is -0.792. The highest BCUT2D eigenvalue weighted by Crippen LogP contribution is 2.38. The molecule has 4 rings (SSSR count). The average Bonchev–Trinajstić information content (AvgIpc) is 3.33. The van der Waals surface area contributed by atoms with E-state index in [1.807, 2.05) is 19.9 Å². The van der Waals surface area contributed by atoms with Gasteiger partial charge in [0.15, 0.2) is 0 Å². The van der Waals surface area contributed by atoms with Crippen LogP contribution in [-0.2, 0) is 6.54 Å². The Hall–Kier alpha value is -2.02. The van der Waals surface area contributed by atoms with Crippen molar-refractivity contribution in [1.29, 1.82) is 0 Å². The highest BCUT2D eigenvalue weighted by molar-refractivity contribution is 5.34. The molecular formula is C18H24FN5O. The van der Waals surface area contributed by atoms with Gasteiger partial charge in [-0.2, -0.15) is 0 Å². The van der Waals surface area contributed by atoms with Gasteiger partial charge in [0.25, 0.3) is 0 Å². The Morgan fingerprint density at radius 1 is 1.36 bits per heavy atom. The van der Waals surface area contributed by atoms with E-state index in [4.69, 9.17) is 4.52 Å². The molecular weight excluding hydrogens is 321 g/mol. The molecule has 0 radical (unpaired) electrons. The van der Waals surface area contributed by atoms with Crippen LogP contribution in [-0.4, -0.2) is 45.3 Å². The molecule has 1 aliphatic carbocycles. The molecule has 2 aliphatic rings. The van der Waals surface area contributed by atoms with E-state index in [0.717, 1.165) is 28.7 Å². The lowest BCUT2D eigenvalue weighted by Crippen LogP contribution is -2.35. The fourth-order valence-corrected chi connectivity index (χ4v) is 3.49. The van der Waals surface area contributed by atoms with Crippen molar-refractivity contribution in [3.05, 3.63) is 35.1 Å². The van der Waals surface area contributed by atoms with Gasteiger partial charge in [0.05, 0.1) is 5.69 Å². The highest BCUT2D eigenvalue weighted by atomic mass is 19.1. The third kappa shape index (κ3) is 3.66. The van der Waals surface area contributed by atoms with Crippen LogP contribution in [0.25, 0.3) is 0 Å². The van der Waals surface area contributed by atoms with Crippen molar-refractivity contribution in [3.63, 3.8) is 0 Å². The van der Waals surface area contributed by atoms with Crippen LogP contribution < -0.4 is 5.32 Å². The minimum Gasteiger partial charge on any atom is -0.368 e. The molecule has 1 saturated carbocycles. The van der Waals surface area contributed by atoms with Crippen LogP contribution in [0.15, 0.2) is 16.8 Å². The molecule has 1 saturated heterocycles. The summed E-state index contributed by atoms with van der Waals surface area (Å²) >= 11 is 0. The van der Waals surface area contributed by atoms with E-state index in [1.165, 1.54) is 12.8 Å². The summed E-state index contributed by atoms with van der Waals surface area (Å²) in [4.78, 5) is 11.1. The molecule has 134 valence electrons. The van der Waals surface area contributed by atoms with Crippen LogP contribution in [0.4, 0.5) is 10.2 Å². The van der Waals surface area contributed by atoms with E-state index in [-0.39, 0.29) is 6.04 Å². The van der Waals surface area contributed by atoms with Gasteiger partial charge in [-0.3, -0.25) is 4.90 Å². The summed E-state index contributed by atoms with van der Waals surface area (Å²) in [7, 11) is 0. The molecule has 3 heterocycles. The SMILES string of the molecule is Cc1noc(C)c1CN1C[C@@H](F)C[C@H]1CNc1ccnc(C2CC2)n1. The lowest BCUT2D eigenvalue weighted by Gasteiger charge is -2.24. The second-order valence-electron chi connectivity index (χ2n) is 7.17. The zero-order valence-electron chi connectivity index (χ0n) is 14.7. The molecule has 7 heteroatoms. The Kier molecular flexibility index (Phi) is 4.41. The van der Waals surface area contributed by atoms with E-state index in [9.17, 15) is 4.39 Å². The number of aryl methyl sites for hydroxylation is 2. The van der Waals surface area contributed by atoms with Crippen molar-refractivity contribution in [2.24, 2.45) is 0 Å². The van der Waals surface area contributed by atoms with Crippen molar-refractivity contribution < 1.29 is 8.91 Å². The topological polar surface area (TPSA) is 67.1 Å². The van der Waals surface area contributed by atoms with Crippen LogP contribution in [0.5, 0.6) is 0 Å². The fraction of sp³-hybridized carbons (Fsp3) is 0.611. The first kappa shape index (κ1) is 16.4. The van der Waals surface area contributed by atoms with Crippen molar-refractivity contribution in [2.75, 3.05) is 18.4 Å². The summed E-state index contributed by atoms with van der Waals surface area (Å²) in [5.74, 6) is 3.10. The maximum Gasteiger partial charge on any atom is 0.138 e. The molecule has 2 aromatic rings. The van der Waals surface area contributed by atoms with Crippen molar-refractivity contribution in [3.8, 4) is 0 Å². The Balaban J connectivity index is 1.40. The third-order valence-electron chi connectivity index (χ3n) is 5.15. The van der Waals surface area contributed by atoms with Crippen molar-refractivity contribution >= 4 is 5.82 Å². The normalized spacial score (nSPS) is 24.0. The fourth-order valence-electron chi connectivity index (χ4n) is 3.49. The Bertz CT molecular complexity index is 725. The number of nitrogens with one attached hydrogen (secondary N) is 1. The Morgan fingerprint density at radius 2 is 2.20 bits per heavy atom. The number of anilines is 1. The number of halogens is 1. The molecule has 0 aromatic carbocycles. The van der Waals surface area contributed by atoms with Crippen LogP contribution in [0.2, 0.25) is 0 Å². The molecule has 1 N–H and O–H groups in total. The van der Waals surface area contributed by atoms with Crippen LogP contribution >= 0.6 is 0 Å². The highest BCUT2D eigenvalue weighted by Gasteiger charge is 2.33. The van der Waals surface area contributed by atoms with Crippen molar-refractivity contribution in [1.82, 2.24) is 20.0 Å². The smallest absolute Gasteiger partial charge is 0.138 e. The maximum atomic E-state index is 14.0. The summed E-state index contributed by atoms with van der Waals surface area (Å²) in [6.45, 7) is 5.64. The Labute approximate surface area is 146 Å². The standard InChI is InChI=1S/C18H24FN5O/c1-11-16(12(2)25-23-11)10-24-9-14(19)7-15(24)8-21-17-5-6-20-18(22-17)13-3-4-13/h5-6,13-15H,3-4,7-10H2,1-2H3,(H,20,21,22)/t14-,15-/m0/s1. The first-order valence-corrected chi connectivity index (χ1v) is 8.97. The number of likely N-dealkylation sites (tertiary alicyclic amines) is 1. The molecule has 2 aromatic heterocycles. The van der Waals surface area contributed by atoms with Crippen LogP contribution in [0.1, 0.15) is 48.0 Å². The van der Waals surface area contributed by atoms with E-state index in [2.05, 4.69) is 25.3 Å². The van der Waals surface area contributed by atoms with E-state index in [1.54, 1.807) is 6.20 Å². The van der Waals surface area contributed by atoms with Gasteiger partial charge in [-0.15, -0.1) is 0 Å². The van der Waals surface area contributed by atoms with Gasteiger partial charge in [0.2, 0.25) is 0 Å².